The summed E-state index contributed by atoms with van der Waals surface area (Å²) in [5, 5.41) is 65.3. The molecule has 0 bridgehead atoms. The number of hydrogen-bond donors (Lipinski definition) is 2. The predicted molar refractivity (Wildman–Crippen MR) is 227 cm³/mol. The summed E-state index contributed by atoms with van der Waals surface area (Å²) >= 11 is 0. The van der Waals surface area contributed by atoms with Gasteiger partial charge in [-0.15, -0.1) is 0 Å². The van der Waals surface area contributed by atoms with Crippen LogP contribution in [0.3, 0.4) is 0 Å². The third kappa shape index (κ3) is 14.7. The van der Waals surface area contributed by atoms with Gasteiger partial charge in [-0.05, 0) is 61.4 Å². The molecule has 28 nitrogen and oxygen atoms in total. The second kappa shape index (κ2) is 23.6. The number of non-ortho nitro benzene ring substituents is 4. The maximum atomic E-state index is 13.3. The number of aliphatic carboxylic acids is 1. The molecule has 4 aromatic carbocycles. The zero-order valence-electron chi connectivity index (χ0n) is 35.9. The SMILES string of the molecule is O=C(O)CCC(O)OC1C(COC(=O)Oc2ccc([N+](=O)[O-])cc2)(COC(=O)Oc2ccc([N+](=O)[O-])cc2)CCCC1(COC(=O)Oc1ccc([N+](=O)[O-])cc1)COC(=O)Oc1ccc([N+](=O)[O-])cc1. The second-order valence-electron chi connectivity index (χ2n) is 15.0. The fourth-order valence-electron chi connectivity index (χ4n) is 7.00. The number of ether oxygens (including phenoxy) is 9. The van der Waals surface area contributed by atoms with Crippen LogP contribution >= 0.6 is 0 Å². The van der Waals surface area contributed by atoms with Crippen LogP contribution in [0.2, 0.25) is 0 Å². The van der Waals surface area contributed by atoms with Crippen LogP contribution < -0.4 is 18.9 Å². The molecule has 1 saturated carbocycles. The van der Waals surface area contributed by atoms with Gasteiger partial charge in [0.1, 0.15) is 49.4 Å². The van der Waals surface area contributed by atoms with Crippen molar-refractivity contribution in [3.05, 3.63) is 138 Å². The quantitative estimate of drug-likeness (QED) is 0.0208. The van der Waals surface area contributed by atoms with Crippen molar-refractivity contribution in [1.29, 1.82) is 0 Å². The Labute approximate surface area is 391 Å². The number of rotatable bonds is 21. The Morgan fingerprint density at radius 1 is 0.500 bits per heavy atom. The summed E-state index contributed by atoms with van der Waals surface area (Å²) in [6.07, 6.45) is -11.4. The summed E-state index contributed by atoms with van der Waals surface area (Å²) in [5.74, 6) is -2.32. The first-order valence-corrected chi connectivity index (χ1v) is 20.2. The molecule has 1 fully saturated rings. The third-order valence-corrected chi connectivity index (χ3v) is 10.3. The fourth-order valence-corrected chi connectivity index (χ4v) is 7.00. The monoisotopic (exact) mass is 982 g/mol. The Kier molecular flexibility index (Phi) is 17.5. The smallest absolute Gasteiger partial charge is 0.481 e. The zero-order valence-corrected chi connectivity index (χ0v) is 35.9. The van der Waals surface area contributed by atoms with Gasteiger partial charge in [0.25, 0.3) is 22.7 Å². The molecule has 4 aromatic rings. The molecule has 1 aliphatic rings. The number of benzene rings is 4. The molecule has 370 valence electrons. The first-order valence-electron chi connectivity index (χ1n) is 20.2. The molecule has 1 unspecified atom stereocenters. The van der Waals surface area contributed by atoms with Crippen LogP contribution in [0.15, 0.2) is 97.1 Å². The molecule has 28 heteroatoms. The molecule has 1 atom stereocenters. The minimum Gasteiger partial charge on any atom is -0.481 e. The molecule has 0 radical (unpaired) electrons. The van der Waals surface area contributed by atoms with Gasteiger partial charge in [-0.25, -0.2) is 19.2 Å². The Morgan fingerprint density at radius 2 is 0.757 bits per heavy atom. The summed E-state index contributed by atoms with van der Waals surface area (Å²) < 4.78 is 49.0. The summed E-state index contributed by atoms with van der Waals surface area (Å²) in [6.45, 7) is -3.60. The predicted octanol–water partition coefficient (Wildman–Crippen LogP) is 7.21. The Morgan fingerprint density at radius 3 is 0.986 bits per heavy atom. The first kappa shape index (κ1) is 51.9. The van der Waals surface area contributed by atoms with Gasteiger partial charge in [0.2, 0.25) is 0 Å². The molecule has 0 amide bonds. The minimum absolute atomic E-state index is 0.0336. The number of carbonyl (C=O) groups excluding carboxylic acids is 4. The van der Waals surface area contributed by atoms with Crippen LogP contribution in [0.5, 0.6) is 23.0 Å². The van der Waals surface area contributed by atoms with Gasteiger partial charge in [0.15, 0.2) is 6.29 Å². The third-order valence-electron chi connectivity index (χ3n) is 10.3. The zero-order chi connectivity index (χ0) is 51.0. The maximum absolute atomic E-state index is 13.3. The van der Waals surface area contributed by atoms with Crippen LogP contribution in [0.25, 0.3) is 0 Å². The number of hydrogen-bond acceptors (Lipinski definition) is 23. The molecule has 0 spiro atoms. The number of nitrogens with zero attached hydrogens (tertiary/aromatic N) is 4. The van der Waals surface area contributed by atoms with Crippen molar-refractivity contribution < 1.29 is 96.5 Å². The lowest BCUT2D eigenvalue weighted by atomic mass is 9.60. The molecular formula is C42H38N4O24. The van der Waals surface area contributed by atoms with Crippen LogP contribution in [0.4, 0.5) is 41.9 Å². The van der Waals surface area contributed by atoms with Gasteiger partial charge in [-0.2, -0.15) is 0 Å². The highest BCUT2D eigenvalue weighted by atomic mass is 16.8. The van der Waals surface area contributed by atoms with E-state index in [0.29, 0.717) is 0 Å². The maximum Gasteiger partial charge on any atom is 0.513 e. The van der Waals surface area contributed by atoms with Gasteiger partial charge in [0.05, 0.1) is 43.0 Å². The van der Waals surface area contributed by atoms with Gasteiger partial charge in [0, 0.05) is 55.0 Å². The number of nitro benzene ring substituents is 4. The number of aliphatic hydroxyl groups excluding tert-OH is 1. The Bertz CT molecular complexity index is 2240. The number of carboxylic acids is 1. The van der Waals surface area contributed by atoms with Crippen molar-refractivity contribution in [2.45, 2.75) is 44.5 Å². The fraction of sp³-hybridized carbons (Fsp3) is 0.310. The highest BCUT2D eigenvalue weighted by Crippen LogP contribution is 2.51. The number of nitro groups is 4. The van der Waals surface area contributed by atoms with E-state index in [0.717, 1.165) is 97.1 Å². The normalized spacial score (nSPS) is 14.1. The molecule has 2 N–H and O–H groups in total. The van der Waals surface area contributed by atoms with Crippen molar-refractivity contribution in [3.63, 3.8) is 0 Å². The van der Waals surface area contributed by atoms with E-state index in [2.05, 4.69) is 0 Å². The largest absolute Gasteiger partial charge is 0.513 e. The van der Waals surface area contributed by atoms with Crippen LogP contribution in [0.1, 0.15) is 32.1 Å². The van der Waals surface area contributed by atoms with Crippen molar-refractivity contribution in [2.75, 3.05) is 26.4 Å². The Balaban J connectivity index is 1.53. The van der Waals surface area contributed by atoms with Gasteiger partial charge in [-0.3, -0.25) is 45.3 Å². The van der Waals surface area contributed by atoms with Crippen molar-refractivity contribution in [2.24, 2.45) is 10.8 Å². The van der Waals surface area contributed by atoms with E-state index in [4.69, 9.17) is 42.6 Å². The second-order valence-corrected chi connectivity index (χ2v) is 15.0. The summed E-state index contributed by atoms with van der Waals surface area (Å²) in [7, 11) is 0. The van der Waals surface area contributed by atoms with Crippen molar-refractivity contribution >= 4 is 53.3 Å². The molecular weight excluding hydrogens is 944 g/mol. The topological polar surface area (TPSA) is 381 Å². The molecule has 70 heavy (non-hydrogen) atoms. The van der Waals surface area contributed by atoms with E-state index in [1.165, 1.54) is 0 Å². The Hall–Kier alpha value is -9.05. The molecule has 1 aliphatic carbocycles. The van der Waals surface area contributed by atoms with E-state index in [9.17, 15) is 74.6 Å². The highest BCUT2D eigenvalue weighted by molar-refractivity contribution is 5.67. The van der Waals surface area contributed by atoms with Crippen molar-refractivity contribution in [1.82, 2.24) is 0 Å². The first-order chi connectivity index (χ1) is 33.3. The average Bonchev–Trinajstić information content (AvgIpc) is 3.32. The van der Waals surface area contributed by atoms with Crippen LogP contribution in [0, 0.1) is 51.3 Å². The molecule has 0 saturated heterocycles. The van der Waals surface area contributed by atoms with Crippen molar-refractivity contribution in [3.8, 4) is 23.0 Å². The van der Waals surface area contributed by atoms with E-state index < -0.39 is 113 Å². The average molecular weight is 983 g/mol. The number of aliphatic hydroxyl groups is 1. The lowest BCUT2D eigenvalue weighted by Gasteiger charge is -2.52. The van der Waals surface area contributed by atoms with Crippen LogP contribution in [-0.4, -0.2) is 99.3 Å². The molecule has 0 heterocycles. The van der Waals surface area contributed by atoms with E-state index in [1.807, 2.05) is 0 Å². The number of carboxylic acid groups (broad SMARTS) is 1. The lowest BCUT2D eigenvalue weighted by molar-refractivity contribution is -0.385. The van der Waals surface area contributed by atoms with E-state index >= 15 is 0 Å². The van der Waals surface area contributed by atoms with Gasteiger partial charge >= 0.3 is 30.6 Å². The highest BCUT2D eigenvalue weighted by Gasteiger charge is 2.59. The minimum atomic E-state index is -2.03. The van der Waals surface area contributed by atoms with Crippen LogP contribution in [-0.2, 0) is 28.5 Å². The van der Waals surface area contributed by atoms with Gasteiger partial charge in [-0.1, -0.05) is 6.42 Å². The number of carbonyl (C=O) groups is 5. The molecule has 5 rings (SSSR count). The molecule has 0 aliphatic heterocycles. The lowest BCUT2D eigenvalue weighted by Crippen LogP contribution is -2.61. The molecule has 0 aromatic heterocycles. The van der Waals surface area contributed by atoms with E-state index in [1.54, 1.807) is 0 Å². The summed E-state index contributed by atoms with van der Waals surface area (Å²) in [4.78, 5) is 106. The van der Waals surface area contributed by atoms with E-state index in [-0.39, 0.29) is 65.0 Å². The summed E-state index contributed by atoms with van der Waals surface area (Å²) in [6, 6.07) is 16.7. The van der Waals surface area contributed by atoms with Gasteiger partial charge < -0.3 is 52.8 Å². The summed E-state index contributed by atoms with van der Waals surface area (Å²) in [5.41, 5.74) is -5.35. The standard InChI is InChI=1S/C42H38N4O24/c47-34(48)18-19-35(49)70-36-41(22-62-37(50)66-30-10-2-26(3-11-30)43(54)55,23-63-38(51)67-31-12-4-27(5-13-31)44(56)57)20-1-21-42(36,24-64-39(52)68-32-14-6-28(7-15-32)45(58)59)25-65-40(53)69-33-16-8-29(9-17-33)46(60)61/h2-17,35-36,49H,1,18-25H2,(H,47,48).